The molecule has 0 aromatic carbocycles. The molecule has 0 spiro atoms. The summed E-state index contributed by atoms with van der Waals surface area (Å²) >= 11 is 0. The Morgan fingerprint density at radius 3 is 1.12 bits per heavy atom. The fourth-order valence-electron chi connectivity index (χ4n) is 5.37. The molecule has 0 aromatic rings. The SMILES string of the molecule is CCCC1CCC(CCC)CC1.CCCC1CCCC(CCC)C1. The van der Waals surface area contributed by atoms with Gasteiger partial charge in [0.15, 0.2) is 0 Å². The maximum atomic E-state index is 2.32. The molecule has 0 N–H and O–H groups in total. The van der Waals surface area contributed by atoms with Crippen LogP contribution in [0.2, 0.25) is 0 Å². The van der Waals surface area contributed by atoms with E-state index in [1.54, 1.807) is 6.42 Å². The van der Waals surface area contributed by atoms with Crippen molar-refractivity contribution in [1.82, 2.24) is 0 Å². The minimum Gasteiger partial charge on any atom is -0.0654 e. The molecule has 0 heterocycles. The number of rotatable bonds is 8. The zero-order valence-corrected chi connectivity index (χ0v) is 17.6. The molecule has 2 fully saturated rings. The molecular weight excluding hydrogens is 288 g/mol. The average Bonchev–Trinajstić information content (AvgIpc) is 2.59. The lowest BCUT2D eigenvalue weighted by molar-refractivity contribution is 0.242. The summed E-state index contributed by atoms with van der Waals surface area (Å²) in [5.74, 6) is 4.34. The van der Waals surface area contributed by atoms with Gasteiger partial charge in [0.25, 0.3) is 0 Å². The molecule has 0 aliphatic heterocycles. The zero-order chi connectivity index (χ0) is 17.6. The predicted octanol–water partition coefficient (Wildman–Crippen LogP) is 8.79. The molecule has 0 aromatic heterocycles. The van der Waals surface area contributed by atoms with Crippen molar-refractivity contribution >= 4 is 0 Å². The molecule has 2 rings (SSSR count). The van der Waals surface area contributed by atoms with Gasteiger partial charge in [-0.25, -0.2) is 0 Å². The third-order valence-electron chi connectivity index (χ3n) is 6.65. The summed E-state index contributed by atoms with van der Waals surface area (Å²) in [5.41, 5.74) is 0. The summed E-state index contributed by atoms with van der Waals surface area (Å²) in [5, 5.41) is 0. The van der Waals surface area contributed by atoms with Crippen LogP contribution >= 0.6 is 0 Å². The van der Waals surface area contributed by atoms with Gasteiger partial charge in [-0.3, -0.25) is 0 Å². The van der Waals surface area contributed by atoms with Gasteiger partial charge in [0.1, 0.15) is 0 Å². The Bertz CT molecular complexity index is 231. The van der Waals surface area contributed by atoms with Crippen LogP contribution in [0.3, 0.4) is 0 Å². The topological polar surface area (TPSA) is 0 Å². The van der Waals surface area contributed by atoms with Crippen LogP contribution in [0.1, 0.15) is 130 Å². The highest BCUT2D eigenvalue weighted by atomic mass is 14.3. The molecule has 0 radical (unpaired) electrons. The average molecular weight is 337 g/mol. The Kier molecular flexibility index (Phi) is 13.0. The van der Waals surface area contributed by atoms with Crippen molar-refractivity contribution in [2.75, 3.05) is 0 Å². The largest absolute Gasteiger partial charge is 0.0654 e. The maximum Gasteiger partial charge on any atom is -0.0412 e. The normalized spacial score (nSPS) is 30.5. The first kappa shape index (κ1) is 22.0. The van der Waals surface area contributed by atoms with Gasteiger partial charge in [-0.1, -0.05) is 124 Å². The van der Waals surface area contributed by atoms with Crippen LogP contribution in [-0.2, 0) is 0 Å². The molecule has 2 aliphatic rings. The molecular formula is C24H48. The van der Waals surface area contributed by atoms with E-state index in [2.05, 4.69) is 27.7 Å². The van der Waals surface area contributed by atoms with Crippen molar-refractivity contribution in [3.05, 3.63) is 0 Å². The molecule has 0 amide bonds. The third-order valence-corrected chi connectivity index (χ3v) is 6.65. The molecule has 0 saturated heterocycles. The van der Waals surface area contributed by atoms with E-state index in [1.165, 1.54) is 96.3 Å². The predicted molar refractivity (Wildman–Crippen MR) is 111 cm³/mol. The summed E-state index contributed by atoms with van der Waals surface area (Å²) in [6.45, 7) is 9.28. The zero-order valence-electron chi connectivity index (χ0n) is 17.6. The van der Waals surface area contributed by atoms with Crippen molar-refractivity contribution in [3.63, 3.8) is 0 Å². The Balaban J connectivity index is 0.000000240. The van der Waals surface area contributed by atoms with E-state index in [-0.39, 0.29) is 0 Å². The van der Waals surface area contributed by atoms with Crippen LogP contribution in [0, 0.1) is 23.7 Å². The van der Waals surface area contributed by atoms with Crippen LogP contribution in [0.15, 0.2) is 0 Å². The third kappa shape index (κ3) is 9.47. The molecule has 2 aliphatic carbocycles. The van der Waals surface area contributed by atoms with Gasteiger partial charge >= 0.3 is 0 Å². The maximum absolute atomic E-state index is 2.32. The van der Waals surface area contributed by atoms with Gasteiger partial charge in [-0.2, -0.15) is 0 Å². The minimum atomic E-state index is 1.08. The second kappa shape index (κ2) is 14.2. The van der Waals surface area contributed by atoms with Crippen LogP contribution < -0.4 is 0 Å². The van der Waals surface area contributed by atoms with Gasteiger partial charge in [0.05, 0.1) is 0 Å². The summed E-state index contributed by atoms with van der Waals surface area (Å²) < 4.78 is 0. The highest BCUT2D eigenvalue weighted by Gasteiger charge is 2.20. The smallest absolute Gasteiger partial charge is 0.0412 e. The lowest BCUT2D eigenvalue weighted by Crippen LogP contribution is -2.15. The molecule has 144 valence electrons. The van der Waals surface area contributed by atoms with Gasteiger partial charge in [-0.05, 0) is 30.1 Å². The van der Waals surface area contributed by atoms with Crippen molar-refractivity contribution in [3.8, 4) is 0 Å². The Hall–Kier alpha value is 0. The minimum absolute atomic E-state index is 1.08. The first-order valence-corrected chi connectivity index (χ1v) is 11.7. The summed E-state index contributed by atoms with van der Waals surface area (Å²) in [7, 11) is 0. The van der Waals surface area contributed by atoms with Crippen molar-refractivity contribution in [1.29, 1.82) is 0 Å². The highest BCUT2D eigenvalue weighted by Crippen LogP contribution is 2.34. The first-order chi connectivity index (χ1) is 11.7. The lowest BCUT2D eigenvalue weighted by atomic mass is 9.78. The highest BCUT2D eigenvalue weighted by molar-refractivity contribution is 4.73. The van der Waals surface area contributed by atoms with Gasteiger partial charge < -0.3 is 0 Å². The van der Waals surface area contributed by atoms with Crippen LogP contribution in [0.5, 0.6) is 0 Å². The van der Waals surface area contributed by atoms with E-state index < -0.39 is 0 Å². The van der Waals surface area contributed by atoms with E-state index >= 15 is 0 Å². The first-order valence-electron chi connectivity index (χ1n) is 11.7. The molecule has 0 bridgehead atoms. The van der Waals surface area contributed by atoms with E-state index in [1.807, 2.05) is 0 Å². The number of hydrogen-bond donors (Lipinski definition) is 0. The van der Waals surface area contributed by atoms with E-state index in [0.29, 0.717) is 0 Å². The fourth-order valence-corrected chi connectivity index (χ4v) is 5.37. The van der Waals surface area contributed by atoms with Gasteiger partial charge in [0.2, 0.25) is 0 Å². The summed E-state index contributed by atoms with van der Waals surface area (Å²) in [6, 6.07) is 0. The van der Waals surface area contributed by atoms with Crippen molar-refractivity contribution in [2.45, 2.75) is 130 Å². The van der Waals surface area contributed by atoms with Crippen molar-refractivity contribution < 1.29 is 0 Å². The quantitative estimate of drug-likeness (QED) is 0.415. The molecule has 24 heavy (non-hydrogen) atoms. The van der Waals surface area contributed by atoms with Gasteiger partial charge in [0, 0.05) is 0 Å². The Morgan fingerprint density at radius 2 is 0.792 bits per heavy atom. The Labute approximate surface area is 154 Å². The lowest BCUT2D eigenvalue weighted by Gasteiger charge is -2.28. The second-order valence-electron chi connectivity index (χ2n) is 8.94. The van der Waals surface area contributed by atoms with E-state index in [4.69, 9.17) is 0 Å². The van der Waals surface area contributed by atoms with E-state index in [0.717, 1.165) is 23.7 Å². The molecule has 0 heteroatoms. The van der Waals surface area contributed by atoms with E-state index in [9.17, 15) is 0 Å². The molecule has 2 unspecified atom stereocenters. The monoisotopic (exact) mass is 336 g/mol. The molecule has 2 atom stereocenters. The Morgan fingerprint density at radius 1 is 0.458 bits per heavy atom. The summed E-state index contributed by atoms with van der Waals surface area (Å²) in [4.78, 5) is 0. The molecule has 0 nitrogen and oxygen atoms in total. The fraction of sp³-hybridized carbons (Fsp3) is 1.00. The number of hydrogen-bond acceptors (Lipinski definition) is 0. The summed E-state index contributed by atoms with van der Waals surface area (Å²) in [6.07, 6.45) is 23.7. The van der Waals surface area contributed by atoms with Gasteiger partial charge in [-0.15, -0.1) is 0 Å². The van der Waals surface area contributed by atoms with Crippen molar-refractivity contribution in [2.24, 2.45) is 23.7 Å². The second-order valence-corrected chi connectivity index (χ2v) is 8.94. The standard InChI is InChI=1S/2C12H24/c1-3-6-11-8-5-9-12(10-11)7-4-2;1-3-5-11-7-9-12(6-4-2)10-8-11/h2*11-12H,3-10H2,1-2H3. The van der Waals surface area contributed by atoms with Crippen LogP contribution in [0.25, 0.3) is 0 Å². The van der Waals surface area contributed by atoms with Crippen LogP contribution in [-0.4, -0.2) is 0 Å². The van der Waals surface area contributed by atoms with Crippen LogP contribution in [0.4, 0.5) is 0 Å². The molecule has 2 saturated carbocycles.